The van der Waals surface area contributed by atoms with Gasteiger partial charge in [0.1, 0.15) is 12.4 Å². The molecule has 19 heavy (non-hydrogen) atoms. The summed E-state index contributed by atoms with van der Waals surface area (Å²) in [5.74, 6) is 0.918. The van der Waals surface area contributed by atoms with Gasteiger partial charge in [-0.2, -0.15) is 0 Å². The third-order valence-corrected chi connectivity index (χ3v) is 3.50. The molecule has 0 radical (unpaired) electrons. The Labute approximate surface area is 113 Å². The van der Waals surface area contributed by atoms with Crippen molar-refractivity contribution in [2.45, 2.75) is 38.3 Å². The number of rotatable bonds is 7. The molecule has 5 heteroatoms. The Kier molecular flexibility index (Phi) is 5.42. The van der Waals surface area contributed by atoms with Crippen LogP contribution >= 0.6 is 0 Å². The van der Waals surface area contributed by atoms with Crippen LogP contribution in [0.3, 0.4) is 0 Å². The van der Waals surface area contributed by atoms with Gasteiger partial charge in [-0.05, 0) is 31.4 Å². The maximum absolute atomic E-state index is 11.8. The van der Waals surface area contributed by atoms with Crippen molar-refractivity contribution < 1.29 is 13.9 Å². The van der Waals surface area contributed by atoms with E-state index in [-0.39, 0.29) is 17.9 Å². The first-order valence-corrected chi connectivity index (χ1v) is 6.91. The van der Waals surface area contributed by atoms with E-state index in [0.29, 0.717) is 19.8 Å². The lowest BCUT2D eigenvalue weighted by molar-refractivity contribution is -0.125. The molecule has 1 saturated carbocycles. The zero-order valence-corrected chi connectivity index (χ0v) is 11.1. The summed E-state index contributed by atoms with van der Waals surface area (Å²) in [4.78, 5) is 11.8. The molecule has 5 nitrogen and oxygen atoms in total. The smallest absolute Gasteiger partial charge is 0.224 e. The van der Waals surface area contributed by atoms with Crippen molar-refractivity contribution in [3.63, 3.8) is 0 Å². The van der Waals surface area contributed by atoms with E-state index in [1.165, 1.54) is 0 Å². The third-order valence-electron chi connectivity index (χ3n) is 3.50. The molecule has 1 amide bonds. The van der Waals surface area contributed by atoms with Crippen LogP contribution in [0.15, 0.2) is 22.8 Å². The zero-order valence-electron chi connectivity index (χ0n) is 11.1. The Morgan fingerprint density at radius 1 is 1.53 bits per heavy atom. The molecule has 0 spiro atoms. The first-order chi connectivity index (χ1) is 9.27. The highest BCUT2D eigenvalue weighted by molar-refractivity contribution is 5.79. The highest BCUT2D eigenvalue weighted by atomic mass is 16.5. The van der Waals surface area contributed by atoms with Gasteiger partial charge in [-0.15, -0.1) is 0 Å². The number of furan rings is 1. The number of hydrogen-bond acceptors (Lipinski definition) is 4. The van der Waals surface area contributed by atoms with E-state index in [4.69, 9.17) is 14.9 Å². The monoisotopic (exact) mass is 266 g/mol. The Morgan fingerprint density at radius 2 is 2.42 bits per heavy atom. The van der Waals surface area contributed by atoms with Crippen LogP contribution in [0.4, 0.5) is 0 Å². The van der Waals surface area contributed by atoms with Gasteiger partial charge >= 0.3 is 0 Å². The maximum atomic E-state index is 11.8. The Morgan fingerprint density at radius 3 is 3.11 bits per heavy atom. The van der Waals surface area contributed by atoms with Crippen molar-refractivity contribution in [1.82, 2.24) is 5.32 Å². The second-order valence-electron chi connectivity index (χ2n) is 4.98. The fourth-order valence-electron chi connectivity index (χ4n) is 2.40. The standard InChI is InChI=1S/C14H22N2O3/c15-13-6-1-5-12(13)14(17)16-7-3-8-18-10-11-4-2-9-19-11/h2,4,9,12-13H,1,3,5-8,10,15H2,(H,16,17). The summed E-state index contributed by atoms with van der Waals surface area (Å²) in [7, 11) is 0. The van der Waals surface area contributed by atoms with Gasteiger partial charge in [-0.3, -0.25) is 4.79 Å². The van der Waals surface area contributed by atoms with Crippen molar-refractivity contribution in [2.75, 3.05) is 13.2 Å². The van der Waals surface area contributed by atoms with Crippen molar-refractivity contribution in [1.29, 1.82) is 0 Å². The molecule has 1 fully saturated rings. The summed E-state index contributed by atoms with van der Waals surface area (Å²) in [6.07, 6.45) is 5.37. The minimum atomic E-state index is 0.00374. The second-order valence-corrected chi connectivity index (χ2v) is 4.98. The van der Waals surface area contributed by atoms with Gasteiger partial charge < -0.3 is 20.2 Å². The first kappa shape index (κ1) is 14.1. The summed E-state index contributed by atoms with van der Waals surface area (Å²) in [6.45, 7) is 1.73. The average molecular weight is 266 g/mol. The van der Waals surface area contributed by atoms with Crippen molar-refractivity contribution in [3.8, 4) is 0 Å². The average Bonchev–Trinajstić information content (AvgIpc) is 3.04. The van der Waals surface area contributed by atoms with Gasteiger partial charge in [0.15, 0.2) is 0 Å². The van der Waals surface area contributed by atoms with Crippen LogP contribution in [0.25, 0.3) is 0 Å². The van der Waals surface area contributed by atoms with Crippen LogP contribution in [-0.2, 0) is 16.1 Å². The second kappa shape index (κ2) is 7.31. The largest absolute Gasteiger partial charge is 0.467 e. The number of ether oxygens (including phenoxy) is 1. The van der Waals surface area contributed by atoms with Gasteiger partial charge in [0.2, 0.25) is 5.91 Å². The van der Waals surface area contributed by atoms with Crippen LogP contribution in [0.5, 0.6) is 0 Å². The SMILES string of the molecule is NC1CCCC1C(=O)NCCCOCc1ccco1. The molecule has 1 aliphatic carbocycles. The molecule has 3 N–H and O–H groups in total. The molecule has 2 rings (SSSR count). The predicted octanol–water partition coefficient (Wildman–Crippen LogP) is 1.43. The molecule has 106 valence electrons. The fraction of sp³-hybridized carbons (Fsp3) is 0.643. The van der Waals surface area contributed by atoms with E-state index >= 15 is 0 Å². The van der Waals surface area contributed by atoms with Crippen LogP contribution in [0.1, 0.15) is 31.4 Å². The number of carbonyl (C=O) groups is 1. The topological polar surface area (TPSA) is 77.5 Å². The predicted molar refractivity (Wildman–Crippen MR) is 71.3 cm³/mol. The normalized spacial score (nSPS) is 22.6. The minimum Gasteiger partial charge on any atom is -0.467 e. The van der Waals surface area contributed by atoms with E-state index < -0.39 is 0 Å². The number of nitrogens with one attached hydrogen (secondary N) is 1. The Balaban J connectivity index is 1.51. The van der Waals surface area contributed by atoms with Crippen LogP contribution in [0.2, 0.25) is 0 Å². The molecule has 1 aliphatic rings. The van der Waals surface area contributed by atoms with E-state index in [1.807, 2.05) is 12.1 Å². The first-order valence-electron chi connectivity index (χ1n) is 6.91. The van der Waals surface area contributed by atoms with Crippen LogP contribution in [-0.4, -0.2) is 25.1 Å². The summed E-state index contributed by atoms with van der Waals surface area (Å²) in [6, 6.07) is 3.75. The Bertz CT molecular complexity index is 378. The van der Waals surface area contributed by atoms with Gasteiger partial charge in [0, 0.05) is 19.2 Å². The molecule has 1 aromatic rings. The van der Waals surface area contributed by atoms with Gasteiger partial charge in [0.05, 0.1) is 12.2 Å². The molecular formula is C14H22N2O3. The molecule has 1 aromatic heterocycles. The van der Waals surface area contributed by atoms with E-state index in [9.17, 15) is 4.79 Å². The summed E-state index contributed by atoms with van der Waals surface area (Å²) >= 11 is 0. The van der Waals surface area contributed by atoms with E-state index in [0.717, 1.165) is 31.4 Å². The number of hydrogen-bond donors (Lipinski definition) is 2. The third kappa shape index (κ3) is 4.36. The molecule has 1 heterocycles. The Hall–Kier alpha value is -1.33. The van der Waals surface area contributed by atoms with Crippen molar-refractivity contribution in [2.24, 2.45) is 11.7 Å². The highest BCUT2D eigenvalue weighted by Gasteiger charge is 2.29. The molecule has 0 aliphatic heterocycles. The van der Waals surface area contributed by atoms with E-state index in [2.05, 4.69) is 5.32 Å². The molecule has 2 atom stereocenters. The molecule has 0 aromatic carbocycles. The lowest BCUT2D eigenvalue weighted by atomic mass is 10.0. The lowest BCUT2D eigenvalue weighted by Crippen LogP contribution is -2.39. The fourth-order valence-corrected chi connectivity index (χ4v) is 2.40. The number of carbonyl (C=O) groups excluding carboxylic acids is 1. The quantitative estimate of drug-likeness (QED) is 0.732. The van der Waals surface area contributed by atoms with Gasteiger partial charge in [-0.25, -0.2) is 0 Å². The molecule has 2 unspecified atom stereocenters. The highest BCUT2D eigenvalue weighted by Crippen LogP contribution is 2.23. The molecular weight excluding hydrogens is 244 g/mol. The van der Waals surface area contributed by atoms with Crippen LogP contribution in [0, 0.1) is 5.92 Å². The van der Waals surface area contributed by atoms with E-state index in [1.54, 1.807) is 6.26 Å². The van der Waals surface area contributed by atoms with Gasteiger partial charge in [0.25, 0.3) is 0 Å². The molecule has 0 bridgehead atoms. The number of amides is 1. The van der Waals surface area contributed by atoms with Gasteiger partial charge in [-0.1, -0.05) is 6.42 Å². The summed E-state index contributed by atoms with van der Waals surface area (Å²) in [5, 5.41) is 2.93. The minimum absolute atomic E-state index is 0.00374. The summed E-state index contributed by atoms with van der Waals surface area (Å²) < 4.78 is 10.6. The van der Waals surface area contributed by atoms with Crippen LogP contribution < -0.4 is 11.1 Å². The summed E-state index contributed by atoms with van der Waals surface area (Å²) in [5.41, 5.74) is 5.89. The molecule has 0 saturated heterocycles. The zero-order chi connectivity index (χ0) is 13.5. The lowest BCUT2D eigenvalue weighted by Gasteiger charge is -2.14. The number of nitrogens with two attached hydrogens (primary N) is 1. The van der Waals surface area contributed by atoms with Crippen molar-refractivity contribution in [3.05, 3.63) is 24.2 Å². The maximum Gasteiger partial charge on any atom is 0.224 e. The van der Waals surface area contributed by atoms with Crippen molar-refractivity contribution >= 4 is 5.91 Å².